The Morgan fingerprint density at radius 1 is 1.28 bits per heavy atom. The van der Waals surface area contributed by atoms with Gasteiger partial charge < -0.3 is 20.6 Å². The highest BCUT2D eigenvalue weighted by molar-refractivity contribution is 6.07. The number of nitrogen functional groups attached to an aromatic ring is 1. The molecule has 11 heteroatoms. The first-order chi connectivity index (χ1) is 15.2. The van der Waals surface area contributed by atoms with E-state index in [-0.39, 0.29) is 35.8 Å². The summed E-state index contributed by atoms with van der Waals surface area (Å²) in [5, 5.41) is 6.89. The summed E-state index contributed by atoms with van der Waals surface area (Å²) in [6.45, 7) is 6.09. The van der Waals surface area contributed by atoms with Gasteiger partial charge in [0.15, 0.2) is 0 Å². The highest BCUT2D eigenvalue weighted by Crippen LogP contribution is 2.40. The van der Waals surface area contributed by atoms with Crippen molar-refractivity contribution in [1.29, 1.82) is 0 Å². The van der Waals surface area contributed by atoms with Gasteiger partial charge in [-0.25, -0.2) is 4.79 Å². The molecule has 0 atom stereocenters. The molecule has 32 heavy (non-hydrogen) atoms. The highest BCUT2D eigenvalue weighted by Gasteiger charge is 2.58. The van der Waals surface area contributed by atoms with Crippen LogP contribution in [0.3, 0.4) is 0 Å². The SMILES string of the molecule is CC(C)CN1C(=O)N(CC2CCC2)C(=O)C12CCN(c1cc(=O)[nH]c(N)n1)CC2.O=CO. The second-order valence-corrected chi connectivity index (χ2v) is 9.11. The largest absolute Gasteiger partial charge is 0.483 e. The number of imide groups is 1. The number of rotatable bonds is 5. The van der Waals surface area contributed by atoms with Gasteiger partial charge in [0.25, 0.3) is 17.9 Å². The van der Waals surface area contributed by atoms with Crippen LogP contribution >= 0.6 is 0 Å². The van der Waals surface area contributed by atoms with Crippen molar-refractivity contribution < 1.29 is 19.5 Å². The zero-order valence-electron chi connectivity index (χ0n) is 18.6. The Kier molecular flexibility index (Phi) is 7.05. The van der Waals surface area contributed by atoms with Crippen LogP contribution in [-0.2, 0) is 9.59 Å². The molecule has 176 valence electrons. The summed E-state index contributed by atoms with van der Waals surface area (Å²) >= 11 is 0. The van der Waals surface area contributed by atoms with Crippen LogP contribution in [0, 0.1) is 11.8 Å². The number of hydrogen-bond acceptors (Lipinski definition) is 7. The summed E-state index contributed by atoms with van der Waals surface area (Å²) in [4.78, 5) is 58.7. The second-order valence-electron chi connectivity index (χ2n) is 9.11. The molecule has 3 aliphatic rings. The van der Waals surface area contributed by atoms with Gasteiger partial charge in [0.1, 0.15) is 11.4 Å². The number of aromatic nitrogens is 2. The first-order valence-electron chi connectivity index (χ1n) is 11.0. The lowest BCUT2D eigenvalue weighted by molar-refractivity contribution is -0.135. The van der Waals surface area contributed by atoms with Crippen LogP contribution in [0.2, 0.25) is 0 Å². The fourth-order valence-electron chi connectivity index (χ4n) is 4.71. The molecule has 0 unspecified atom stereocenters. The molecule has 4 N–H and O–H groups in total. The average molecular weight is 449 g/mol. The van der Waals surface area contributed by atoms with E-state index >= 15 is 0 Å². The Morgan fingerprint density at radius 2 is 1.91 bits per heavy atom. The lowest BCUT2D eigenvalue weighted by Gasteiger charge is -2.43. The minimum atomic E-state index is -0.783. The molecule has 3 fully saturated rings. The number of hydrogen-bond donors (Lipinski definition) is 3. The molecule has 4 rings (SSSR count). The maximum atomic E-state index is 13.5. The Morgan fingerprint density at radius 3 is 2.41 bits per heavy atom. The van der Waals surface area contributed by atoms with E-state index in [0.29, 0.717) is 50.8 Å². The monoisotopic (exact) mass is 448 g/mol. The lowest BCUT2D eigenvalue weighted by Crippen LogP contribution is -2.57. The van der Waals surface area contributed by atoms with Crippen LogP contribution in [0.5, 0.6) is 0 Å². The van der Waals surface area contributed by atoms with Crippen LogP contribution < -0.4 is 16.2 Å². The first-order valence-corrected chi connectivity index (χ1v) is 11.0. The van der Waals surface area contributed by atoms with Gasteiger partial charge in [-0.3, -0.25) is 24.3 Å². The molecular formula is C21H32N6O5. The molecule has 0 bridgehead atoms. The predicted molar refractivity (Wildman–Crippen MR) is 118 cm³/mol. The number of aromatic amines is 1. The molecule has 0 aromatic carbocycles. The number of piperidine rings is 1. The summed E-state index contributed by atoms with van der Waals surface area (Å²) in [5.74, 6) is 1.27. The van der Waals surface area contributed by atoms with Crippen molar-refractivity contribution in [3.05, 3.63) is 16.4 Å². The van der Waals surface area contributed by atoms with Crippen molar-refractivity contribution in [2.45, 2.75) is 51.5 Å². The number of nitrogens with zero attached hydrogens (tertiary/aromatic N) is 4. The summed E-state index contributed by atoms with van der Waals surface area (Å²) < 4.78 is 0. The maximum Gasteiger partial charge on any atom is 0.327 e. The Hall–Kier alpha value is -3.11. The van der Waals surface area contributed by atoms with Crippen LogP contribution in [0.25, 0.3) is 0 Å². The molecule has 3 amide bonds. The molecule has 3 heterocycles. The standard InChI is InChI=1S/C20H30N6O3.CH2O2/c1-13(2)11-26-19(29)25(12-14-4-3-5-14)17(28)20(26)6-8-24(9-7-20)15-10-16(27)23-18(21)22-15;2-1-3/h10,13-14H,3-9,11-12H2,1-2H3,(H3,21,22,23,27);1H,(H,2,3). The van der Waals surface area contributed by atoms with Crippen molar-refractivity contribution in [1.82, 2.24) is 19.8 Å². The molecule has 1 aromatic rings. The minimum Gasteiger partial charge on any atom is -0.483 e. The van der Waals surface area contributed by atoms with E-state index in [1.807, 2.05) is 9.80 Å². The third-order valence-electron chi connectivity index (χ3n) is 6.50. The molecule has 2 aliphatic heterocycles. The number of carbonyl (C=O) groups is 3. The van der Waals surface area contributed by atoms with E-state index in [1.165, 1.54) is 17.4 Å². The minimum absolute atomic E-state index is 0.0481. The molecule has 1 saturated carbocycles. The average Bonchev–Trinajstić information content (AvgIpc) is 2.86. The molecule has 1 aromatic heterocycles. The van der Waals surface area contributed by atoms with E-state index in [9.17, 15) is 14.4 Å². The van der Waals surface area contributed by atoms with Crippen LogP contribution in [0.4, 0.5) is 16.6 Å². The number of nitrogens with one attached hydrogen (secondary N) is 1. The Labute approximate surface area is 186 Å². The fourth-order valence-corrected chi connectivity index (χ4v) is 4.71. The number of amides is 3. The predicted octanol–water partition coefficient (Wildman–Crippen LogP) is 1.11. The summed E-state index contributed by atoms with van der Waals surface area (Å²) in [7, 11) is 0. The van der Waals surface area contributed by atoms with Gasteiger partial charge in [-0.2, -0.15) is 4.98 Å². The normalized spacial score (nSPS) is 20.4. The van der Waals surface area contributed by atoms with Crippen LogP contribution in [-0.4, -0.2) is 75.0 Å². The summed E-state index contributed by atoms with van der Waals surface area (Å²) in [6.07, 6.45) is 4.43. The molecular weight excluding hydrogens is 416 g/mol. The van der Waals surface area contributed by atoms with Gasteiger partial charge >= 0.3 is 6.03 Å². The van der Waals surface area contributed by atoms with Gasteiger partial charge in [-0.15, -0.1) is 0 Å². The summed E-state index contributed by atoms with van der Waals surface area (Å²) in [6, 6.07) is 1.28. The molecule has 11 nitrogen and oxygen atoms in total. The quantitative estimate of drug-likeness (QED) is 0.447. The van der Waals surface area contributed by atoms with Crippen molar-refractivity contribution in [3.63, 3.8) is 0 Å². The Balaban J connectivity index is 0.000000913. The molecule has 1 spiro atoms. The van der Waals surface area contributed by atoms with Gasteiger partial charge in [-0.1, -0.05) is 20.3 Å². The maximum absolute atomic E-state index is 13.5. The Bertz CT molecular complexity index is 904. The van der Waals surface area contributed by atoms with Crippen LogP contribution in [0.1, 0.15) is 46.0 Å². The van der Waals surface area contributed by atoms with Gasteiger partial charge in [0.2, 0.25) is 5.95 Å². The van der Waals surface area contributed by atoms with Crippen LogP contribution in [0.15, 0.2) is 10.9 Å². The topological polar surface area (TPSA) is 153 Å². The van der Waals surface area contributed by atoms with Gasteiger partial charge in [0.05, 0.1) is 0 Å². The van der Waals surface area contributed by atoms with Crippen molar-refractivity contribution in [2.24, 2.45) is 11.8 Å². The zero-order chi connectivity index (χ0) is 23.5. The number of nitrogens with two attached hydrogens (primary N) is 1. The summed E-state index contributed by atoms with van der Waals surface area (Å²) in [5.41, 5.74) is 4.59. The smallest absolute Gasteiger partial charge is 0.327 e. The first kappa shape index (κ1) is 23.6. The third kappa shape index (κ3) is 4.56. The van der Waals surface area contributed by atoms with Gasteiger partial charge in [0, 0.05) is 32.2 Å². The zero-order valence-corrected chi connectivity index (χ0v) is 18.6. The lowest BCUT2D eigenvalue weighted by atomic mass is 9.83. The van der Waals surface area contributed by atoms with Gasteiger partial charge in [-0.05, 0) is 37.5 Å². The third-order valence-corrected chi connectivity index (χ3v) is 6.50. The van der Waals surface area contributed by atoms with E-state index in [4.69, 9.17) is 15.6 Å². The van der Waals surface area contributed by atoms with E-state index in [1.54, 1.807) is 0 Å². The van der Waals surface area contributed by atoms with E-state index in [0.717, 1.165) is 12.8 Å². The second kappa shape index (κ2) is 9.58. The van der Waals surface area contributed by atoms with E-state index in [2.05, 4.69) is 23.8 Å². The molecule has 1 aliphatic carbocycles. The fraction of sp³-hybridized carbons (Fsp3) is 0.667. The molecule has 2 saturated heterocycles. The van der Waals surface area contributed by atoms with Crippen molar-refractivity contribution in [2.75, 3.05) is 36.8 Å². The number of urea groups is 1. The number of carboxylic acid groups (broad SMARTS) is 1. The number of anilines is 2. The van der Waals surface area contributed by atoms with E-state index < -0.39 is 5.54 Å². The number of carbonyl (C=O) groups excluding carboxylic acids is 2. The van der Waals surface area contributed by atoms with Crippen molar-refractivity contribution in [3.8, 4) is 0 Å². The molecule has 0 radical (unpaired) electrons. The number of H-pyrrole nitrogens is 1. The van der Waals surface area contributed by atoms with Crippen molar-refractivity contribution >= 4 is 30.2 Å². The highest BCUT2D eigenvalue weighted by atomic mass is 16.3.